The zero-order valence-corrected chi connectivity index (χ0v) is 11.1. The summed E-state index contributed by atoms with van der Waals surface area (Å²) in [6.45, 7) is 6.40. The van der Waals surface area contributed by atoms with Crippen LogP contribution in [0.25, 0.3) is 10.2 Å². The number of aryl methyl sites for hydroxylation is 3. The van der Waals surface area contributed by atoms with Crippen LogP contribution in [0.1, 0.15) is 23.2 Å². The quantitative estimate of drug-likeness (QED) is 0.590. The van der Waals surface area contributed by atoms with Crippen LogP contribution in [0.3, 0.4) is 0 Å². The zero-order valence-electron chi connectivity index (χ0n) is 9.42. The van der Waals surface area contributed by atoms with Crippen LogP contribution in [-0.4, -0.2) is 16.2 Å². The topological polar surface area (TPSA) is 25.8 Å². The number of thiophene rings is 1. The van der Waals surface area contributed by atoms with Crippen molar-refractivity contribution in [3.8, 4) is 0 Å². The smallest absolute Gasteiger partial charge is 0.131 e. The Balaban J connectivity index is 2.81. The maximum atomic E-state index is 4.58. The van der Waals surface area contributed by atoms with E-state index in [1.165, 1.54) is 15.8 Å². The first-order chi connectivity index (χ1) is 7.17. The van der Waals surface area contributed by atoms with Gasteiger partial charge in [-0.25, -0.2) is 9.97 Å². The van der Waals surface area contributed by atoms with Crippen LogP contribution in [0, 0.1) is 13.8 Å². The van der Waals surface area contributed by atoms with Crippen LogP contribution in [0.4, 0.5) is 0 Å². The fraction of sp³-hybridized carbons (Fsp3) is 0.455. The van der Waals surface area contributed by atoms with Crippen molar-refractivity contribution >= 4 is 33.3 Å². The molecule has 0 unspecified atom stereocenters. The highest BCUT2D eigenvalue weighted by molar-refractivity contribution is 7.98. The monoisotopic (exact) mass is 238 g/mol. The van der Waals surface area contributed by atoms with E-state index in [0.29, 0.717) is 0 Å². The van der Waals surface area contributed by atoms with Gasteiger partial charge >= 0.3 is 0 Å². The molecule has 0 aliphatic rings. The van der Waals surface area contributed by atoms with Crippen molar-refractivity contribution in [3.05, 3.63) is 16.3 Å². The summed E-state index contributed by atoms with van der Waals surface area (Å²) in [6.07, 6.45) is 2.98. The van der Waals surface area contributed by atoms with Crippen molar-refractivity contribution in [2.45, 2.75) is 32.2 Å². The highest BCUT2D eigenvalue weighted by Crippen LogP contribution is 2.34. The molecule has 2 rings (SSSR count). The van der Waals surface area contributed by atoms with Crippen molar-refractivity contribution in [2.75, 3.05) is 6.26 Å². The van der Waals surface area contributed by atoms with E-state index < -0.39 is 0 Å². The van der Waals surface area contributed by atoms with Gasteiger partial charge in [0.2, 0.25) is 0 Å². The Morgan fingerprint density at radius 1 is 1.27 bits per heavy atom. The molecule has 0 N–H and O–H groups in total. The molecule has 0 spiro atoms. The van der Waals surface area contributed by atoms with Crippen molar-refractivity contribution in [2.24, 2.45) is 0 Å². The lowest BCUT2D eigenvalue weighted by Gasteiger charge is -2.02. The Hall–Kier alpha value is -0.610. The second-order valence-electron chi connectivity index (χ2n) is 3.47. The summed E-state index contributed by atoms with van der Waals surface area (Å²) >= 11 is 3.48. The normalized spacial score (nSPS) is 11.2. The Morgan fingerprint density at radius 3 is 2.60 bits per heavy atom. The van der Waals surface area contributed by atoms with Crippen molar-refractivity contribution in [3.63, 3.8) is 0 Å². The molecule has 0 atom stereocenters. The molecule has 0 aromatic carbocycles. The number of thioether (sulfide) groups is 1. The lowest BCUT2D eigenvalue weighted by Crippen LogP contribution is -1.94. The Labute approximate surface area is 98.1 Å². The van der Waals surface area contributed by atoms with Gasteiger partial charge in [-0.2, -0.15) is 0 Å². The predicted molar refractivity (Wildman–Crippen MR) is 68.0 cm³/mol. The maximum absolute atomic E-state index is 4.58. The van der Waals surface area contributed by atoms with Gasteiger partial charge < -0.3 is 0 Å². The summed E-state index contributed by atoms with van der Waals surface area (Å²) in [5, 5.41) is 2.38. The zero-order chi connectivity index (χ0) is 11.0. The van der Waals surface area contributed by atoms with Crippen molar-refractivity contribution < 1.29 is 0 Å². The number of fused-ring (bicyclic) bond motifs is 1. The Morgan fingerprint density at radius 2 is 2.00 bits per heavy atom. The van der Waals surface area contributed by atoms with Gasteiger partial charge in [-0.3, -0.25) is 0 Å². The fourth-order valence-electron chi connectivity index (χ4n) is 1.56. The van der Waals surface area contributed by atoms with E-state index in [0.717, 1.165) is 22.1 Å². The lowest BCUT2D eigenvalue weighted by molar-refractivity contribution is 0.920. The Kier molecular flexibility index (Phi) is 2.98. The third kappa shape index (κ3) is 1.76. The number of hydrogen-bond donors (Lipinski definition) is 0. The average molecular weight is 238 g/mol. The van der Waals surface area contributed by atoms with Crippen LogP contribution in [0.5, 0.6) is 0 Å². The van der Waals surface area contributed by atoms with E-state index in [9.17, 15) is 0 Å². The minimum absolute atomic E-state index is 0.902. The number of rotatable bonds is 2. The lowest BCUT2D eigenvalue weighted by atomic mass is 10.2. The Bertz CT molecular complexity index is 503. The van der Waals surface area contributed by atoms with Crippen LogP contribution < -0.4 is 0 Å². The first-order valence-electron chi connectivity index (χ1n) is 4.98. The molecule has 0 radical (unpaired) electrons. The van der Waals surface area contributed by atoms with E-state index in [-0.39, 0.29) is 0 Å². The molecule has 0 aliphatic heterocycles. The minimum Gasteiger partial charge on any atom is -0.226 e. The molecule has 80 valence electrons. The molecule has 0 fully saturated rings. The van der Waals surface area contributed by atoms with E-state index >= 15 is 0 Å². The molecule has 0 bridgehead atoms. The summed E-state index contributed by atoms with van der Waals surface area (Å²) in [4.78, 5) is 11.6. The van der Waals surface area contributed by atoms with E-state index in [4.69, 9.17) is 0 Å². The van der Waals surface area contributed by atoms with E-state index in [1.807, 2.05) is 0 Å². The molecule has 0 amide bonds. The summed E-state index contributed by atoms with van der Waals surface area (Å²) in [5.41, 5.74) is 1.34. The van der Waals surface area contributed by atoms with Gasteiger partial charge in [0.25, 0.3) is 0 Å². The van der Waals surface area contributed by atoms with Crippen LogP contribution >= 0.6 is 23.1 Å². The van der Waals surface area contributed by atoms with Gasteiger partial charge in [-0.05, 0) is 25.7 Å². The molecule has 2 aromatic rings. The first-order valence-corrected chi connectivity index (χ1v) is 7.02. The largest absolute Gasteiger partial charge is 0.226 e. The van der Waals surface area contributed by atoms with Gasteiger partial charge in [0.1, 0.15) is 15.7 Å². The number of aromatic nitrogens is 2. The number of nitrogens with zero attached hydrogens (tertiary/aromatic N) is 2. The average Bonchev–Trinajstić information content (AvgIpc) is 2.53. The second-order valence-corrected chi connectivity index (χ2v) is 5.46. The molecule has 15 heavy (non-hydrogen) atoms. The molecule has 0 saturated heterocycles. The standard InChI is InChI=1S/C11H14N2S2/c1-5-8-12-10(14-4)9-6(2)7(3)15-11(9)13-8/h5H2,1-4H3. The summed E-state index contributed by atoms with van der Waals surface area (Å²) < 4.78 is 0. The SMILES string of the molecule is CCc1nc(SC)c2c(C)c(C)sc2n1. The van der Waals surface area contributed by atoms with E-state index in [2.05, 4.69) is 37.0 Å². The van der Waals surface area contributed by atoms with Gasteiger partial charge in [0, 0.05) is 16.7 Å². The van der Waals surface area contributed by atoms with Crippen molar-refractivity contribution in [1.29, 1.82) is 0 Å². The molecule has 4 heteroatoms. The molecule has 2 heterocycles. The molecular formula is C11H14N2S2. The van der Waals surface area contributed by atoms with Crippen molar-refractivity contribution in [1.82, 2.24) is 9.97 Å². The molecular weight excluding hydrogens is 224 g/mol. The third-order valence-corrected chi connectivity index (χ3v) is 4.33. The van der Waals surface area contributed by atoms with Gasteiger partial charge in [-0.15, -0.1) is 23.1 Å². The molecule has 0 aliphatic carbocycles. The minimum atomic E-state index is 0.902. The van der Waals surface area contributed by atoms with Crippen LogP contribution in [0.2, 0.25) is 0 Å². The summed E-state index contributed by atoms with van der Waals surface area (Å²) in [7, 11) is 0. The van der Waals surface area contributed by atoms with Gasteiger partial charge in [0.05, 0.1) is 0 Å². The molecule has 0 saturated carbocycles. The fourth-order valence-corrected chi connectivity index (χ4v) is 3.32. The first kappa shape index (κ1) is 10.9. The maximum Gasteiger partial charge on any atom is 0.131 e. The van der Waals surface area contributed by atoms with Gasteiger partial charge in [-0.1, -0.05) is 6.92 Å². The van der Waals surface area contributed by atoms with E-state index in [1.54, 1.807) is 23.1 Å². The molecule has 2 aromatic heterocycles. The summed E-state index contributed by atoms with van der Waals surface area (Å²) in [6, 6.07) is 0. The van der Waals surface area contributed by atoms with Crippen LogP contribution in [0.15, 0.2) is 5.03 Å². The number of hydrogen-bond acceptors (Lipinski definition) is 4. The molecule has 2 nitrogen and oxygen atoms in total. The highest BCUT2D eigenvalue weighted by Gasteiger charge is 2.12. The second kappa shape index (κ2) is 4.10. The highest BCUT2D eigenvalue weighted by atomic mass is 32.2. The summed E-state index contributed by atoms with van der Waals surface area (Å²) in [5.74, 6) is 0.952. The third-order valence-electron chi connectivity index (χ3n) is 2.55. The van der Waals surface area contributed by atoms with Crippen LogP contribution in [-0.2, 0) is 6.42 Å². The van der Waals surface area contributed by atoms with Gasteiger partial charge in [0.15, 0.2) is 0 Å². The predicted octanol–water partition coefficient (Wildman–Crippen LogP) is 3.59.